The van der Waals surface area contributed by atoms with Crippen LogP contribution in [0.2, 0.25) is 0 Å². The molecule has 1 aromatic rings. The van der Waals surface area contributed by atoms with Gasteiger partial charge in [0.2, 0.25) is 5.88 Å². The molecule has 2 rings (SSSR count). The summed E-state index contributed by atoms with van der Waals surface area (Å²) in [5.41, 5.74) is 2.16. The Morgan fingerprint density at radius 3 is 2.24 bits per heavy atom. The fraction of sp³-hybridized carbons (Fsp3) is 0.444. The van der Waals surface area contributed by atoms with Gasteiger partial charge in [0, 0.05) is 6.08 Å². The van der Waals surface area contributed by atoms with E-state index in [2.05, 4.69) is 5.43 Å². The molecule has 136 valence electrons. The standard InChI is InChI=1S/C18H24N2O5/c1-11-8-7-9-12(2)14(11)24-13-10-18(6,15(21)22)19-20(13)16(23)25-17(3,4)5/h7-10,19H,1-6H3,(H,21,22). The van der Waals surface area contributed by atoms with Gasteiger partial charge in [0.1, 0.15) is 11.4 Å². The molecule has 1 aliphatic heterocycles. The van der Waals surface area contributed by atoms with Crippen molar-refractivity contribution in [1.29, 1.82) is 0 Å². The third-order valence-corrected chi connectivity index (χ3v) is 3.61. The van der Waals surface area contributed by atoms with Crippen LogP contribution in [0.5, 0.6) is 5.75 Å². The zero-order valence-electron chi connectivity index (χ0n) is 15.3. The minimum Gasteiger partial charge on any atom is -0.480 e. The largest absolute Gasteiger partial charge is 0.480 e. The summed E-state index contributed by atoms with van der Waals surface area (Å²) in [6.45, 7) is 10.4. The minimum atomic E-state index is -1.48. The number of hydrazine groups is 1. The van der Waals surface area contributed by atoms with Crippen LogP contribution in [-0.2, 0) is 9.53 Å². The summed E-state index contributed by atoms with van der Waals surface area (Å²) in [6.07, 6.45) is 0.612. The van der Waals surface area contributed by atoms with E-state index in [1.807, 2.05) is 32.0 Å². The summed E-state index contributed by atoms with van der Waals surface area (Å²) in [4.78, 5) is 24.0. The van der Waals surface area contributed by atoms with Gasteiger partial charge >= 0.3 is 12.1 Å². The maximum absolute atomic E-state index is 12.5. The molecule has 2 N–H and O–H groups in total. The van der Waals surface area contributed by atoms with Crippen LogP contribution in [0.3, 0.4) is 0 Å². The lowest BCUT2D eigenvalue weighted by Crippen LogP contribution is -2.53. The number of benzene rings is 1. The van der Waals surface area contributed by atoms with Crippen LogP contribution in [0.1, 0.15) is 38.8 Å². The molecule has 1 aliphatic rings. The van der Waals surface area contributed by atoms with Crippen molar-refractivity contribution in [3.63, 3.8) is 0 Å². The summed E-state index contributed by atoms with van der Waals surface area (Å²) in [5.74, 6) is -0.503. The van der Waals surface area contributed by atoms with Gasteiger partial charge in [-0.25, -0.2) is 15.0 Å². The van der Waals surface area contributed by atoms with E-state index in [4.69, 9.17) is 9.47 Å². The Labute approximate surface area is 147 Å². The minimum absolute atomic E-state index is 0.0663. The number of rotatable bonds is 3. The highest BCUT2D eigenvalue weighted by atomic mass is 16.6. The molecule has 0 aliphatic carbocycles. The summed E-state index contributed by atoms with van der Waals surface area (Å²) in [6, 6.07) is 5.64. The van der Waals surface area contributed by atoms with Crippen molar-refractivity contribution in [3.05, 3.63) is 41.3 Å². The first-order chi connectivity index (χ1) is 11.4. The molecule has 0 saturated heterocycles. The number of carbonyl (C=O) groups excluding carboxylic acids is 1. The number of aryl methyl sites for hydroxylation is 2. The van der Waals surface area contributed by atoms with Gasteiger partial charge in [-0.05, 0) is 52.7 Å². The van der Waals surface area contributed by atoms with Crippen molar-refractivity contribution in [3.8, 4) is 5.75 Å². The molecule has 0 radical (unpaired) electrons. The lowest BCUT2D eigenvalue weighted by Gasteiger charge is -2.27. The number of nitrogens with one attached hydrogen (secondary N) is 1. The van der Waals surface area contributed by atoms with Crippen LogP contribution < -0.4 is 10.2 Å². The van der Waals surface area contributed by atoms with Crippen molar-refractivity contribution in [2.24, 2.45) is 0 Å². The van der Waals surface area contributed by atoms with Crippen molar-refractivity contribution in [1.82, 2.24) is 10.4 Å². The van der Waals surface area contributed by atoms with Gasteiger partial charge in [-0.15, -0.1) is 0 Å². The highest BCUT2D eigenvalue weighted by Gasteiger charge is 2.44. The highest BCUT2D eigenvalue weighted by molar-refractivity contribution is 5.83. The predicted molar refractivity (Wildman–Crippen MR) is 91.9 cm³/mol. The molecule has 0 fully saturated rings. The highest BCUT2D eigenvalue weighted by Crippen LogP contribution is 2.30. The third-order valence-electron chi connectivity index (χ3n) is 3.61. The van der Waals surface area contributed by atoms with Crippen LogP contribution >= 0.6 is 0 Å². The molecule has 7 nitrogen and oxygen atoms in total. The Bertz CT molecular complexity index is 715. The molecule has 1 aromatic carbocycles. The number of amides is 1. The Kier molecular flexibility index (Phi) is 4.81. The number of carboxylic acid groups (broad SMARTS) is 1. The van der Waals surface area contributed by atoms with Crippen molar-refractivity contribution in [2.45, 2.75) is 52.7 Å². The molecule has 1 heterocycles. The number of para-hydroxylation sites is 1. The molecule has 25 heavy (non-hydrogen) atoms. The number of ether oxygens (including phenoxy) is 2. The average Bonchev–Trinajstić information content (AvgIpc) is 2.80. The molecular formula is C18H24N2O5. The quantitative estimate of drug-likeness (QED) is 0.872. The number of carbonyl (C=O) groups is 2. The topological polar surface area (TPSA) is 88.1 Å². The van der Waals surface area contributed by atoms with E-state index >= 15 is 0 Å². The maximum Gasteiger partial charge on any atom is 0.432 e. The molecule has 0 spiro atoms. The first kappa shape index (κ1) is 18.8. The Hall–Kier alpha value is -2.54. The number of hydrogen-bond acceptors (Lipinski definition) is 5. The van der Waals surface area contributed by atoms with Crippen LogP contribution in [0.4, 0.5) is 4.79 Å². The third kappa shape index (κ3) is 4.11. The van der Waals surface area contributed by atoms with E-state index in [0.29, 0.717) is 5.75 Å². The van der Waals surface area contributed by atoms with Crippen LogP contribution in [0.25, 0.3) is 0 Å². The average molecular weight is 348 g/mol. The van der Waals surface area contributed by atoms with E-state index in [-0.39, 0.29) is 5.88 Å². The molecule has 1 amide bonds. The SMILES string of the molecule is Cc1cccc(C)c1OC1=CC(C)(C(=O)O)NN1C(=O)OC(C)(C)C. The van der Waals surface area contributed by atoms with Crippen LogP contribution in [0.15, 0.2) is 30.2 Å². The van der Waals surface area contributed by atoms with Gasteiger partial charge in [0.15, 0.2) is 5.54 Å². The number of carboxylic acids is 1. The number of hydrogen-bond donors (Lipinski definition) is 2. The second-order valence-corrected chi connectivity index (χ2v) is 7.24. The van der Waals surface area contributed by atoms with Crippen LogP contribution in [-0.4, -0.2) is 33.3 Å². The summed E-state index contributed by atoms with van der Waals surface area (Å²) < 4.78 is 11.2. The molecular weight excluding hydrogens is 324 g/mol. The summed E-state index contributed by atoms with van der Waals surface area (Å²) >= 11 is 0. The Morgan fingerprint density at radius 2 is 1.76 bits per heavy atom. The van der Waals surface area contributed by atoms with E-state index < -0.39 is 23.2 Å². The number of nitrogens with zero attached hydrogens (tertiary/aromatic N) is 1. The normalized spacial score (nSPS) is 20.2. The smallest absolute Gasteiger partial charge is 0.432 e. The van der Waals surface area contributed by atoms with Crippen molar-refractivity contribution >= 4 is 12.1 Å². The Balaban J connectivity index is 2.38. The van der Waals surface area contributed by atoms with Gasteiger partial charge in [-0.2, -0.15) is 5.01 Å². The van der Waals surface area contributed by atoms with Gasteiger partial charge < -0.3 is 14.6 Å². The fourth-order valence-electron chi connectivity index (χ4n) is 2.32. The van der Waals surface area contributed by atoms with Crippen molar-refractivity contribution in [2.75, 3.05) is 0 Å². The fourth-order valence-corrected chi connectivity index (χ4v) is 2.32. The molecule has 1 unspecified atom stereocenters. The van der Waals surface area contributed by atoms with Gasteiger partial charge in [-0.1, -0.05) is 18.2 Å². The molecule has 0 saturated carbocycles. The summed E-state index contributed by atoms with van der Waals surface area (Å²) in [7, 11) is 0. The zero-order chi connectivity index (χ0) is 19.0. The molecule has 0 aromatic heterocycles. The van der Waals surface area contributed by atoms with E-state index in [9.17, 15) is 14.7 Å². The molecule has 1 atom stereocenters. The van der Waals surface area contributed by atoms with E-state index in [1.165, 1.54) is 13.0 Å². The van der Waals surface area contributed by atoms with Crippen molar-refractivity contribution < 1.29 is 24.2 Å². The first-order valence-electron chi connectivity index (χ1n) is 7.94. The predicted octanol–water partition coefficient (Wildman–Crippen LogP) is 3.12. The van der Waals surface area contributed by atoms with Gasteiger partial charge in [-0.3, -0.25) is 0 Å². The molecule has 7 heteroatoms. The second-order valence-electron chi connectivity index (χ2n) is 7.24. The lowest BCUT2D eigenvalue weighted by molar-refractivity contribution is -0.142. The monoisotopic (exact) mass is 348 g/mol. The summed E-state index contributed by atoms with van der Waals surface area (Å²) in [5, 5.41) is 10.4. The first-order valence-corrected chi connectivity index (χ1v) is 7.94. The molecule has 0 bridgehead atoms. The van der Waals surface area contributed by atoms with E-state index in [1.54, 1.807) is 20.8 Å². The van der Waals surface area contributed by atoms with Gasteiger partial charge in [0.05, 0.1) is 0 Å². The Morgan fingerprint density at radius 1 is 1.20 bits per heavy atom. The lowest BCUT2D eigenvalue weighted by atomic mass is 10.1. The second kappa shape index (κ2) is 6.40. The van der Waals surface area contributed by atoms with E-state index in [0.717, 1.165) is 16.1 Å². The zero-order valence-corrected chi connectivity index (χ0v) is 15.3. The maximum atomic E-state index is 12.5. The van der Waals surface area contributed by atoms with Crippen LogP contribution in [0, 0.1) is 13.8 Å². The van der Waals surface area contributed by atoms with Gasteiger partial charge in [0.25, 0.3) is 0 Å². The number of aliphatic carboxylic acids is 1.